The average molecular weight is 182 g/mol. The Bertz CT molecular complexity index is 256. The summed E-state index contributed by atoms with van der Waals surface area (Å²) in [6.45, 7) is 0.593. The smallest absolute Gasteiger partial charge is 0.292 e. The molecular formula is C9H14N2O2. The van der Waals surface area contributed by atoms with Crippen LogP contribution in [-0.2, 0) is 9.59 Å². The van der Waals surface area contributed by atoms with Crippen molar-refractivity contribution < 1.29 is 9.59 Å². The lowest BCUT2D eigenvalue weighted by molar-refractivity contribution is -0.135. The lowest BCUT2D eigenvalue weighted by atomic mass is 10.1. The van der Waals surface area contributed by atoms with Gasteiger partial charge in [0, 0.05) is 32.4 Å². The summed E-state index contributed by atoms with van der Waals surface area (Å²) < 4.78 is 0. The van der Waals surface area contributed by atoms with Crippen LogP contribution in [0.4, 0.5) is 0 Å². The number of carbonyl (C=O) groups excluding carboxylic acids is 2. The fraction of sp³-hybridized carbons (Fsp3) is 0.556. The van der Waals surface area contributed by atoms with Crippen molar-refractivity contribution in [3.05, 3.63) is 11.8 Å². The molecule has 0 bridgehead atoms. The molecule has 1 amide bonds. The number of nitrogens with zero attached hydrogens (tertiary/aromatic N) is 1. The number of amides is 1. The molecular weight excluding hydrogens is 168 g/mol. The molecule has 72 valence electrons. The van der Waals surface area contributed by atoms with Gasteiger partial charge in [-0.05, 0) is 12.8 Å². The molecule has 0 radical (unpaired) electrons. The molecule has 1 aliphatic heterocycles. The zero-order chi connectivity index (χ0) is 9.84. The first-order valence-electron chi connectivity index (χ1n) is 4.31. The molecule has 0 atom stereocenters. The van der Waals surface area contributed by atoms with Gasteiger partial charge in [-0.15, -0.1) is 0 Å². The van der Waals surface area contributed by atoms with Crippen LogP contribution in [-0.4, -0.2) is 37.2 Å². The number of nitrogens with one attached hydrogen (secondary N) is 1. The third-order valence-corrected chi connectivity index (χ3v) is 1.82. The first-order valence-corrected chi connectivity index (χ1v) is 4.31. The molecule has 0 aromatic heterocycles. The predicted molar refractivity (Wildman–Crippen MR) is 49.0 cm³/mol. The third-order valence-electron chi connectivity index (χ3n) is 1.82. The summed E-state index contributed by atoms with van der Waals surface area (Å²) in [5, 5.41) is 2.55. The minimum absolute atomic E-state index is 0.397. The average Bonchev–Trinajstić information content (AvgIpc) is 2.19. The van der Waals surface area contributed by atoms with Gasteiger partial charge in [0.05, 0.1) is 0 Å². The van der Waals surface area contributed by atoms with Crippen LogP contribution in [0.15, 0.2) is 11.8 Å². The van der Waals surface area contributed by atoms with E-state index in [0.29, 0.717) is 18.5 Å². The highest BCUT2D eigenvalue weighted by molar-refractivity contribution is 6.42. The lowest BCUT2D eigenvalue weighted by Crippen LogP contribution is -2.29. The lowest BCUT2D eigenvalue weighted by Gasteiger charge is -2.07. The van der Waals surface area contributed by atoms with E-state index in [9.17, 15) is 9.59 Å². The quantitative estimate of drug-likeness (QED) is 0.455. The summed E-state index contributed by atoms with van der Waals surface area (Å²) in [4.78, 5) is 24.2. The second kappa shape index (κ2) is 4.07. The number of carbonyl (C=O) groups is 2. The molecule has 1 fully saturated rings. The number of hydrogen-bond donors (Lipinski definition) is 1. The van der Waals surface area contributed by atoms with Crippen LogP contribution in [0.5, 0.6) is 0 Å². The summed E-state index contributed by atoms with van der Waals surface area (Å²) in [5.41, 5.74) is 0.597. The Morgan fingerprint density at radius 3 is 2.69 bits per heavy atom. The molecule has 13 heavy (non-hydrogen) atoms. The van der Waals surface area contributed by atoms with Gasteiger partial charge in [0.2, 0.25) is 5.78 Å². The molecule has 4 heteroatoms. The van der Waals surface area contributed by atoms with Crippen molar-refractivity contribution in [1.82, 2.24) is 10.2 Å². The number of Topliss-reactive ketones (excluding diaryl/α,β-unsaturated/α-hetero) is 1. The summed E-state index contributed by atoms with van der Waals surface area (Å²) in [6, 6.07) is 0. The van der Waals surface area contributed by atoms with E-state index in [0.717, 1.165) is 6.42 Å². The van der Waals surface area contributed by atoms with Gasteiger partial charge in [0.1, 0.15) is 0 Å². The van der Waals surface area contributed by atoms with Gasteiger partial charge in [-0.1, -0.05) is 0 Å². The second-order valence-corrected chi connectivity index (χ2v) is 3.31. The van der Waals surface area contributed by atoms with Crippen LogP contribution in [0, 0.1) is 0 Å². The molecule has 1 aliphatic rings. The van der Waals surface area contributed by atoms with Crippen LogP contribution in [0.2, 0.25) is 0 Å². The van der Waals surface area contributed by atoms with Crippen molar-refractivity contribution in [2.45, 2.75) is 12.8 Å². The Morgan fingerprint density at radius 2 is 2.08 bits per heavy atom. The van der Waals surface area contributed by atoms with Crippen molar-refractivity contribution in [3.63, 3.8) is 0 Å². The Kier molecular flexibility index (Phi) is 3.06. The fourth-order valence-corrected chi connectivity index (χ4v) is 1.26. The number of hydrogen-bond acceptors (Lipinski definition) is 3. The second-order valence-electron chi connectivity index (χ2n) is 3.31. The first kappa shape index (κ1) is 9.77. The van der Waals surface area contributed by atoms with Gasteiger partial charge < -0.3 is 10.2 Å². The summed E-state index contributed by atoms with van der Waals surface area (Å²) in [7, 11) is 3.67. The molecule has 0 aromatic rings. The molecule has 0 spiro atoms. The molecule has 1 N–H and O–H groups in total. The topological polar surface area (TPSA) is 49.4 Å². The van der Waals surface area contributed by atoms with E-state index < -0.39 is 11.7 Å². The van der Waals surface area contributed by atoms with Crippen molar-refractivity contribution in [1.29, 1.82) is 0 Å². The maximum atomic E-state index is 11.4. The number of ketones is 1. The molecule has 1 rings (SSSR count). The Labute approximate surface area is 77.6 Å². The van der Waals surface area contributed by atoms with E-state index in [1.54, 1.807) is 11.1 Å². The zero-order valence-electron chi connectivity index (χ0n) is 7.96. The van der Waals surface area contributed by atoms with Gasteiger partial charge >= 0.3 is 0 Å². The van der Waals surface area contributed by atoms with Crippen molar-refractivity contribution >= 4 is 11.7 Å². The van der Waals surface area contributed by atoms with E-state index in [1.807, 2.05) is 14.1 Å². The number of rotatable bonds is 1. The van der Waals surface area contributed by atoms with Gasteiger partial charge in [-0.3, -0.25) is 9.59 Å². The van der Waals surface area contributed by atoms with E-state index in [1.165, 1.54) is 0 Å². The molecule has 0 aliphatic carbocycles. The van der Waals surface area contributed by atoms with E-state index in [4.69, 9.17) is 0 Å². The maximum absolute atomic E-state index is 11.4. The minimum Gasteiger partial charge on any atom is -0.383 e. The molecule has 4 nitrogen and oxygen atoms in total. The zero-order valence-corrected chi connectivity index (χ0v) is 7.96. The highest BCUT2D eigenvalue weighted by Gasteiger charge is 2.21. The van der Waals surface area contributed by atoms with E-state index >= 15 is 0 Å². The van der Waals surface area contributed by atoms with Crippen LogP contribution in [0.3, 0.4) is 0 Å². The van der Waals surface area contributed by atoms with Crippen molar-refractivity contribution in [2.75, 3.05) is 20.6 Å². The van der Waals surface area contributed by atoms with Crippen molar-refractivity contribution in [2.24, 2.45) is 0 Å². The van der Waals surface area contributed by atoms with Crippen LogP contribution in [0.25, 0.3) is 0 Å². The van der Waals surface area contributed by atoms with Crippen LogP contribution < -0.4 is 5.32 Å². The predicted octanol–water partition coefficient (Wildman–Crippen LogP) is -0.0890. The maximum Gasteiger partial charge on any atom is 0.292 e. The Balaban J connectivity index is 2.82. The van der Waals surface area contributed by atoms with E-state index in [-0.39, 0.29) is 0 Å². The molecule has 0 saturated carbocycles. The van der Waals surface area contributed by atoms with Gasteiger partial charge in [0.25, 0.3) is 5.91 Å². The SMILES string of the molecule is CN(C)/C=C1/CCCNC(=O)C1=O. The van der Waals surface area contributed by atoms with Crippen molar-refractivity contribution in [3.8, 4) is 0 Å². The van der Waals surface area contributed by atoms with Crippen LogP contribution >= 0.6 is 0 Å². The monoisotopic (exact) mass is 182 g/mol. The molecule has 1 heterocycles. The van der Waals surface area contributed by atoms with E-state index in [2.05, 4.69) is 5.32 Å². The van der Waals surface area contributed by atoms with Gasteiger partial charge in [-0.25, -0.2) is 0 Å². The summed E-state index contributed by atoms with van der Waals surface area (Å²) >= 11 is 0. The van der Waals surface area contributed by atoms with Crippen LogP contribution in [0.1, 0.15) is 12.8 Å². The largest absolute Gasteiger partial charge is 0.383 e. The Morgan fingerprint density at radius 1 is 1.38 bits per heavy atom. The molecule has 0 unspecified atom stereocenters. The minimum atomic E-state index is -0.481. The van der Waals surface area contributed by atoms with Gasteiger partial charge in [0.15, 0.2) is 0 Å². The first-order chi connectivity index (χ1) is 6.11. The highest BCUT2D eigenvalue weighted by Crippen LogP contribution is 2.09. The summed E-state index contributed by atoms with van der Waals surface area (Å²) in [6.07, 6.45) is 3.22. The molecule has 1 saturated heterocycles. The third kappa shape index (κ3) is 2.57. The molecule has 0 aromatic carbocycles. The summed E-state index contributed by atoms with van der Waals surface area (Å²) in [5.74, 6) is -0.878. The Hall–Kier alpha value is -1.32. The standard InChI is InChI=1S/C9H14N2O2/c1-11(2)6-7-4-3-5-10-9(13)8(7)12/h6H,3-5H2,1-2H3,(H,10,13)/b7-6-. The normalized spacial score (nSPS) is 21.2. The van der Waals surface area contributed by atoms with Gasteiger partial charge in [-0.2, -0.15) is 0 Å². The highest BCUT2D eigenvalue weighted by atomic mass is 16.2. The fourth-order valence-electron chi connectivity index (χ4n) is 1.26.